The van der Waals surface area contributed by atoms with Crippen molar-refractivity contribution in [3.05, 3.63) is 65.2 Å². The van der Waals surface area contributed by atoms with Crippen molar-refractivity contribution >= 4 is 0 Å². The second kappa shape index (κ2) is 7.11. The first-order valence-corrected chi connectivity index (χ1v) is 7.27. The highest BCUT2D eigenvalue weighted by Crippen LogP contribution is 2.21. The smallest absolute Gasteiger partial charge is 0.115 e. The van der Waals surface area contributed by atoms with Crippen LogP contribution in [0.25, 0.3) is 0 Å². The summed E-state index contributed by atoms with van der Waals surface area (Å²) in [7, 11) is 0. The Morgan fingerprint density at radius 3 is 2.60 bits per heavy atom. The molecule has 0 amide bonds. The van der Waals surface area contributed by atoms with Crippen LogP contribution in [-0.2, 0) is 6.42 Å². The first kappa shape index (κ1) is 14.6. The lowest BCUT2D eigenvalue weighted by Gasteiger charge is -2.20. The van der Waals surface area contributed by atoms with E-state index in [0.29, 0.717) is 5.75 Å². The van der Waals surface area contributed by atoms with Gasteiger partial charge in [0.15, 0.2) is 0 Å². The van der Waals surface area contributed by atoms with E-state index >= 15 is 0 Å². The summed E-state index contributed by atoms with van der Waals surface area (Å²) in [4.78, 5) is 0. The minimum atomic E-state index is 0.289. The standard InChI is InChI=1S/C18H23NO/c1-3-10-19-18(16-8-4-6-14(2)11-16)13-15-7-5-9-17(20)12-15/h4-9,11-12,18-20H,3,10,13H2,1-2H3. The van der Waals surface area contributed by atoms with Gasteiger partial charge in [0.05, 0.1) is 0 Å². The Morgan fingerprint density at radius 2 is 1.90 bits per heavy atom. The number of phenols is 1. The molecular weight excluding hydrogens is 246 g/mol. The maximum Gasteiger partial charge on any atom is 0.115 e. The third-order valence-corrected chi connectivity index (χ3v) is 3.44. The van der Waals surface area contributed by atoms with Crippen LogP contribution in [-0.4, -0.2) is 11.7 Å². The zero-order valence-corrected chi connectivity index (χ0v) is 12.3. The van der Waals surface area contributed by atoms with Crippen LogP contribution < -0.4 is 5.32 Å². The van der Waals surface area contributed by atoms with Crippen molar-refractivity contribution in [1.82, 2.24) is 5.32 Å². The van der Waals surface area contributed by atoms with Gasteiger partial charge in [0.25, 0.3) is 0 Å². The zero-order chi connectivity index (χ0) is 14.4. The molecule has 2 nitrogen and oxygen atoms in total. The van der Waals surface area contributed by atoms with Gasteiger partial charge in [-0.2, -0.15) is 0 Å². The Labute approximate surface area is 121 Å². The van der Waals surface area contributed by atoms with Gasteiger partial charge >= 0.3 is 0 Å². The van der Waals surface area contributed by atoms with E-state index < -0.39 is 0 Å². The molecule has 0 radical (unpaired) electrons. The van der Waals surface area contributed by atoms with Crippen molar-refractivity contribution in [2.75, 3.05) is 6.54 Å². The molecule has 0 bridgehead atoms. The maximum atomic E-state index is 9.60. The molecule has 0 fully saturated rings. The number of aryl methyl sites for hydroxylation is 1. The van der Waals surface area contributed by atoms with Crippen LogP contribution in [0.4, 0.5) is 0 Å². The van der Waals surface area contributed by atoms with Crippen LogP contribution >= 0.6 is 0 Å². The van der Waals surface area contributed by atoms with Crippen LogP contribution in [0.3, 0.4) is 0 Å². The van der Waals surface area contributed by atoms with Gasteiger partial charge in [-0.05, 0) is 49.6 Å². The van der Waals surface area contributed by atoms with Crippen LogP contribution in [0, 0.1) is 6.92 Å². The number of benzene rings is 2. The molecule has 2 aromatic carbocycles. The van der Waals surface area contributed by atoms with E-state index in [2.05, 4.69) is 49.5 Å². The highest BCUT2D eigenvalue weighted by atomic mass is 16.3. The van der Waals surface area contributed by atoms with Crippen molar-refractivity contribution < 1.29 is 5.11 Å². The topological polar surface area (TPSA) is 32.3 Å². The van der Waals surface area contributed by atoms with E-state index in [1.54, 1.807) is 6.07 Å². The van der Waals surface area contributed by atoms with Crippen molar-refractivity contribution in [2.45, 2.75) is 32.7 Å². The monoisotopic (exact) mass is 269 g/mol. The van der Waals surface area contributed by atoms with E-state index in [9.17, 15) is 5.11 Å². The third kappa shape index (κ3) is 4.10. The molecule has 0 aliphatic heterocycles. The first-order chi connectivity index (χ1) is 9.69. The summed E-state index contributed by atoms with van der Waals surface area (Å²) in [6.07, 6.45) is 2.00. The molecule has 0 saturated carbocycles. The zero-order valence-electron chi connectivity index (χ0n) is 12.3. The number of nitrogens with one attached hydrogen (secondary N) is 1. The first-order valence-electron chi connectivity index (χ1n) is 7.27. The molecule has 2 heteroatoms. The highest BCUT2D eigenvalue weighted by molar-refractivity contribution is 5.31. The van der Waals surface area contributed by atoms with Gasteiger partial charge in [0, 0.05) is 6.04 Å². The summed E-state index contributed by atoms with van der Waals surface area (Å²) in [5.74, 6) is 0.334. The molecule has 0 aromatic heterocycles. The number of aromatic hydroxyl groups is 1. The van der Waals surface area contributed by atoms with Gasteiger partial charge in [0.1, 0.15) is 5.75 Å². The summed E-state index contributed by atoms with van der Waals surface area (Å²) in [5.41, 5.74) is 3.74. The molecule has 1 unspecified atom stereocenters. The second-order valence-electron chi connectivity index (χ2n) is 5.29. The lowest BCUT2D eigenvalue weighted by atomic mass is 9.97. The van der Waals surface area contributed by atoms with Gasteiger partial charge in [-0.15, -0.1) is 0 Å². The molecular formula is C18H23NO. The molecule has 20 heavy (non-hydrogen) atoms. The largest absolute Gasteiger partial charge is 0.508 e. The lowest BCUT2D eigenvalue weighted by molar-refractivity contribution is 0.473. The Hall–Kier alpha value is -1.80. The minimum absolute atomic E-state index is 0.289. The normalized spacial score (nSPS) is 12.3. The van der Waals surface area contributed by atoms with Gasteiger partial charge in [0.2, 0.25) is 0 Å². The van der Waals surface area contributed by atoms with Crippen molar-refractivity contribution in [1.29, 1.82) is 0 Å². The third-order valence-electron chi connectivity index (χ3n) is 3.44. The molecule has 0 saturated heterocycles. The molecule has 0 spiro atoms. The molecule has 2 aromatic rings. The highest BCUT2D eigenvalue weighted by Gasteiger charge is 2.12. The van der Waals surface area contributed by atoms with Gasteiger partial charge in [-0.3, -0.25) is 0 Å². The van der Waals surface area contributed by atoms with Crippen LogP contribution in [0.2, 0.25) is 0 Å². The SMILES string of the molecule is CCCNC(Cc1cccc(O)c1)c1cccc(C)c1. The molecule has 0 heterocycles. The van der Waals surface area contributed by atoms with E-state index in [-0.39, 0.29) is 6.04 Å². The molecule has 2 N–H and O–H groups in total. The number of hydrogen-bond acceptors (Lipinski definition) is 2. The summed E-state index contributed by atoms with van der Waals surface area (Å²) in [6.45, 7) is 5.29. The van der Waals surface area contributed by atoms with E-state index in [1.165, 1.54) is 11.1 Å². The lowest BCUT2D eigenvalue weighted by Crippen LogP contribution is -2.24. The quantitative estimate of drug-likeness (QED) is 0.831. The van der Waals surface area contributed by atoms with E-state index in [0.717, 1.165) is 24.9 Å². The fourth-order valence-corrected chi connectivity index (χ4v) is 2.43. The summed E-state index contributed by atoms with van der Waals surface area (Å²) >= 11 is 0. The Kier molecular flexibility index (Phi) is 5.19. The molecule has 0 aliphatic carbocycles. The Balaban J connectivity index is 2.19. The van der Waals surface area contributed by atoms with Crippen molar-refractivity contribution in [3.63, 3.8) is 0 Å². The van der Waals surface area contributed by atoms with Crippen LogP contribution in [0.15, 0.2) is 48.5 Å². The summed E-state index contributed by atoms with van der Waals surface area (Å²) in [6, 6.07) is 16.4. The van der Waals surface area contributed by atoms with Crippen LogP contribution in [0.1, 0.15) is 36.1 Å². The summed E-state index contributed by atoms with van der Waals surface area (Å²) in [5, 5.41) is 13.2. The molecule has 1 atom stereocenters. The predicted molar refractivity (Wildman–Crippen MR) is 84.0 cm³/mol. The number of rotatable bonds is 6. The molecule has 106 valence electrons. The average molecular weight is 269 g/mol. The minimum Gasteiger partial charge on any atom is -0.508 e. The van der Waals surface area contributed by atoms with E-state index in [1.807, 2.05) is 12.1 Å². The Bertz CT molecular complexity index is 551. The number of phenolic OH excluding ortho intramolecular Hbond substituents is 1. The second-order valence-corrected chi connectivity index (χ2v) is 5.29. The molecule has 0 aliphatic rings. The van der Waals surface area contributed by atoms with Crippen LogP contribution in [0.5, 0.6) is 5.75 Å². The van der Waals surface area contributed by atoms with Crippen molar-refractivity contribution in [2.24, 2.45) is 0 Å². The van der Waals surface area contributed by atoms with E-state index in [4.69, 9.17) is 0 Å². The van der Waals surface area contributed by atoms with Gasteiger partial charge < -0.3 is 10.4 Å². The average Bonchev–Trinajstić information content (AvgIpc) is 2.43. The molecule has 2 rings (SSSR count). The van der Waals surface area contributed by atoms with Crippen molar-refractivity contribution in [3.8, 4) is 5.75 Å². The Morgan fingerprint density at radius 1 is 1.10 bits per heavy atom. The van der Waals surface area contributed by atoms with Gasteiger partial charge in [-0.25, -0.2) is 0 Å². The predicted octanol–water partition coefficient (Wildman–Crippen LogP) is 3.98. The maximum absolute atomic E-state index is 9.60. The fourth-order valence-electron chi connectivity index (χ4n) is 2.43. The number of hydrogen-bond donors (Lipinski definition) is 2. The fraction of sp³-hybridized carbons (Fsp3) is 0.333. The summed E-state index contributed by atoms with van der Waals surface area (Å²) < 4.78 is 0. The van der Waals surface area contributed by atoms with Gasteiger partial charge in [-0.1, -0.05) is 48.9 Å².